The predicted molar refractivity (Wildman–Crippen MR) is 72.0 cm³/mol. The highest BCUT2D eigenvalue weighted by molar-refractivity contribution is 5.47. The average molecular weight is 248 g/mol. The topological polar surface area (TPSA) is 44.7 Å². The number of nitrogens with zero attached hydrogens (tertiary/aromatic N) is 1. The van der Waals surface area contributed by atoms with Gasteiger partial charge in [0, 0.05) is 26.2 Å². The molecule has 4 heteroatoms. The van der Waals surface area contributed by atoms with Crippen LogP contribution in [0.4, 0.5) is 0 Å². The fraction of sp³-hybridized carbons (Fsp3) is 0.429. The summed E-state index contributed by atoms with van der Waals surface area (Å²) in [6, 6.07) is 5.34. The highest BCUT2D eigenvalue weighted by atomic mass is 16.5. The molecule has 0 aromatic heterocycles. The SMILES string of the molecule is C=C[C@@H](c1c(O)cccc1OC)N1CCNCC1. The molecule has 2 rings (SSSR count). The van der Waals surface area contributed by atoms with Crippen LogP contribution in [0.15, 0.2) is 30.9 Å². The van der Waals surface area contributed by atoms with Crippen molar-refractivity contribution in [2.45, 2.75) is 6.04 Å². The second-order valence-electron chi connectivity index (χ2n) is 4.36. The summed E-state index contributed by atoms with van der Waals surface area (Å²) in [6.45, 7) is 7.69. The van der Waals surface area contributed by atoms with Crippen molar-refractivity contribution in [1.29, 1.82) is 0 Å². The summed E-state index contributed by atoms with van der Waals surface area (Å²) < 4.78 is 5.35. The van der Waals surface area contributed by atoms with Gasteiger partial charge >= 0.3 is 0 Å². The molecule has 98 valence electrons. The van der Waals surface area contributed by atoms with Crippen LogP contribution in [0.1, 0.15) is 11.6 Å². The third-order valence-electron chi connectivity index (χ3n) is 3.33. The molecule has 1 heterocycles. The van der Waals surface area contributed by atoms with Crippen LogP contribution >= 0.6 is 0 Å². The Kier molecular flexibility index (Phi) is 4.23. The highest BCUT2D eigenvalue weighted by Crippen LogP contribution is 2.36. The van der Waals surface area contributed by atoms with E-state index in [0.29, 0.717) is 5.75 Å². The number of phenols is 1. The third kappa shape index (κ3) is 2.49. The van der Waals surface area contributed by atoms with Crippen LogP contribution in [-0.4, -0.2) is 43.3 Å². The van der Waals surface area contributed by atoms with Gasteiger partial charge in [0.2, 0.25) is 0 Å². The molecule has 1 atom stereocenters. The van der Waals surface area contributed by atoms with Gasteiger partial charge in [-0.3, -0.25) is 4.90 Å². The summed E-state index contributed by atoms with van der Waals surface area (Å²) in [5.74, 6) is 0.969. The molecule has 0 radical (unpaired) electrons. The van der Waals surface area contributed by atoms with Crippen molar-refractivity contribution in [3.63, 3.8) is 0 Å². The van der Waals surface area contributed by atoms with Gasteiger partial charge in [-0.1, -0.05) is 12.1 Å². The molecule has 0 spiro atoms. The zero-order chi connectivity index (χ0) is 13.0. The molecule has 2 N–H and O–H groups in total. The van der Waals surface area contributed by atoms with E-state index in [1.54, 1.807) is 19.2 Å². The maximum absolute atomic E-state index is 10.1. The zero-order valence-corrected chi connectivity index (χ0v) is 10.7. The first-order valence-corrected chi connectivity index (χ1v) is 6.21. The van der Waals surface area contributed by atoms with Crippen LogP contribution in [0.5, 0.6) is 11.5 Å². The van der Waals surface area contributed by atoms with Crippen LogP contribution in [0.3, 0.4) is 0 Å². The number of hydrogen-bond acceptors (Lipinski definition) is 4. The summed E-state index contributed by atoms with van der Waals surface area (Å²) in [6.07, 6.45) is 1.86. The van der Waals surface area contributed by atoms with E-state index in [1.807, 2.05) is 12.1 Å². The van der Waals surface area contributed by atoms with Gasteiger partial charge in [0.1, 0.15) is 11.5 Å². The quantitative estimate of drug-likeness (QED) is 0.793. The second kappa shape index (κ2) is 5.89. The summed E-state index contributed by atoms with van der Waals surface area (Å²) in [4.78, 5) is 2.29. The Morgan fingerprint density at radius 2 is 2.17 bits per heavy atom. The number of nitrogens with one attached hydrogen (secondary N) is 1. The predicted octanol–water partition coefficient (Wildman–Crippen LogP) is 1.53. The minimum atomic E-state index is -0.0109. The lowest BCUT2D eigenvalue weighted by Crippen LogP contribution is -2.44. The highest BCUT2D eigenvalue weighted by Gasteiger charge is 2.24. The molecule has 4 nitrogen and oxygen atoms in total. The van der Waals surface area contributed by atoms with Crippen molar-refractivity contribution in [2.24, 2.45) is 0 Å². The number of phenolic OH excluding ortho intramolecular Hbond substituents is 1. The molecule has 0 aliphatic carbocycles. The van der Waals surface area contributed by atoms with E-state index in [-0.39, 0.29) is 11.8 Å². The first-order chi connectivity index (χ1) is 8.77. The van der Waals surface area contributed by atoms with Gasteiger partial charge in [0.15, 0.2) is 0 Å². The maximum Gasteiger partial charge on any atom is 0.127 e. The van der Waals surface area contributed by atoms with E-state index >= 15 is 0 Å². The van der Waals surface area contributed by atoms with Crippen LogP contribution in [0, 0.1) is 0 Å². The standard InChI is InChI=1S/C14H20N2O2/c1-3-11(16-9-7-15-8-10-16)14-12(17)5-4-6-13(14)18-2/h3-6,11,15,17H,1,7-10H2,2H3/t11-/m0/s1. The van der Waals surface area contributed by atoms with Crippen LogP contribution < -0.4 is 10.1 Å². The molecule has 1 aliphatic heterocycles. The summed E-state index contributed by atoms with van der Waals surface area (Å²) >= 11 is 0. The fourth-order valence-corrected chi connectivity index (χ4v) is 2.42. The first-order valence-electron chi connectivity index (χ1n) is 6.21. The summed E-state index contributed by atoms with van der Waals surface area (Å²) in [5, 5.41) is 13.4. The maximum atomic E-state index is 10.1. The normalized spacial score (nSPS) is 18.3. The van der Waals surface area contributed by atoms with E-state index in [0.717, 1.165) is 31.7 Å². The minimum absolute atomic E-state index is 0.0109. The monoisotopic (exact) mass is 248 g/mol. The fourth-order valence-electron chi connectivity index (χ4n) is 2.42. The largest absolute Gasteiger partial charge is 0.507 e. The van der Waals surface area contributed by atoms with Gasteiger partial charge in [-0.05, 0) is 12.1 Å². The third-order valence-corrected chi connectivity index (χ3v) is 3.33. The number of aromatic hydroxyl groups is 1. The van der Waals surface area contributed by atoms with E-state index in [9.17, 15) is 5.11 Å². The smallest absolute Gasteiger partial charge is 0.127 e. The van der Waals surface area contributed by atoms with Crippen molar-refractivity contribution in [3.8, 4) is 11.5 Å². The Labute approximate surface area is 108 Å². The van der Waals surface area contributed by atoms with E-state index < -0.39 is 0 Å². The van der Waals surface area contributed by atoms with Crippen molar-refractivity contribution in [3.05, 3.63) is 36.4 Å². The Bertz CT molecular complexity index is 414. The van der Waals surface area contributed by atoms with Gasteiger partial charge in [-0.2, -0.15) is 0 Å². The van der Waals surface area contributed by atoms with E-state index in [1.165, 1.54) is 0 Å². The lowest BCUT2D eigenvalue weighted by atomic mass is 10.0. The van der Waals surface area contributed by atoms with Gasteiger partial charge < -0.3 is 15.2 Å². The molecule has 0 saturated carbocycles. The molecular formula is C14H20N2O2. The number of hydrogen-bond donors (Lipinski definition) is 2. The molecular weight excluding hydrogens is 228 g/mol. The lowest BCUT2D eigenvalue weighted by Gasteiger charge is -2.34. The number of benzene rings is 1. The van der Waals surface area contributed by atoms with Crippen LogP contribution in [0.25, 0.3) is 0 Å². The second-order valence-corrected chi connectivity index (χ2v) is 4.36. The molecule has 1 aromatic carbocycles. The summed E-state index contributed by atoms with van der Waals surface area (Å²) in [5.41, 5.74) is 0.803. The Hall–Kier alpha value is -1.52. The molecule has 1 fully saturated rings. The van der Waals surface area contributed by atoms with Crippen molar-refractivity contribution in [1.82, 2.24) is 10.2 Å². The van der Waals surface area contributed by atoms with Gasteiger partial charge in [-0.25, -0.2) is 0 Å². The molecule has 1 aliphatic rings. The molecule has 1 aromatic rings. The molecule has 1 saturated heterocycles. The number of rotatable bonds is 4. The number of methoxy groups -OCH3 is 1. The molecule has 0 bridgehead atoms. The molecule has 18 heavy (non-hydrogen) atoms. The van der Waals surface area contributed by atoms with Gasteiger partial charge in [0.05, 0.1) is 18.7 Å². The van der Waals surface area contributed by atoms with Gasteiger partial charge in [0.25, 0.3) is 0 Å². The van der Waals surface area contributed by atoms with Crippen LogP contribution in [0.2, 0.25) is 0 Å². The molecule has 0 amide bonds. The van der Waals surface area contributed by atoms with E-state index in [2.05, 4.69) is 16.8 Å². The Morgan fingerprint density at radius 3 is 2.78 bits per heavy atom. The minimum Gasteiger partial charge on any atom is -0.507 e. The van der Waals surface area contributed by atoms with E-state index in [4.69, 9.17) is 4.74 Å². The first kappa shape index (κ1) is 12.9. The Balaban J connectivity index is 2.34. The number of piperazine rings is 1. The zero-order valence-electron chi connectivity index (χ0n) is 10.7. The Morgan fingerprint density at radius 1 is 1.44 bits per heavy atom. The van der Waals surface area contributed by atoms with Crippen molar-refractivity contribution >= 4 is 0 Å². The van der Waals surface area contributed by atoms with Crippen molar-refractivity contribution < 1.29 is 9.84 Å². The summed E-state index contributed by atoms with van der Waals surface area (Å²) in [7, 11) is 1.62. The van der Waals surface area contributed by atoms with Crippen molar-refractivity contribution in [2.75, 3.05) is 33.3 Å². The van der Waals surface area contributed by atoms with Gasteiger partial charge in [-0.15, -0.1) is 6.58 Å². The number of ether oxygens (including phenoxy) is 1. The lowest BCUT2D eigenvalue weighted by molar-refractivity contribution is 0.197. The van der Waals surface area contributed by atoms with Crippen LogP contribution in [-0.2, 0) is 0 Å². The molecule has 0 unspecified atom stereocenters. The average Bonchev–Trinajstić information content (AvgIpc) is 2.42.